The van der Waals surface area contributed by atoms with Gasteiger partial charge in [-0.25, -0.2) is 14.1 Å². The van der Waals surface area contributed by atoms with E-state index in [1.807, 2.05) is 0 Å². The number of carbonyl (C=O) groups excluding carboxylic acids is 2. The van der Waals surface area contributed by atoms with Crippen molar-refractivity contribution < 1.29 is 31.9 Å². The predicted molar refractivity (Wildman–Crippen MR) is 146 cm³/mol. The molecule has 3 N–H and O–H groups in total. The minimum Gasteiger partial charge on any atom is -0.470 e. The van der Waals surface area contributed by atoms with E-state index in [1.165, 1.54) is 29.1 Å². The molecule has 41 heavy (non-hydrogen) atoms. The molecule has 3 aromatic heterocycles. The summed E-state index contributed by atoms with van der Waals surface area (Å²) >= 11 is 12.7. The molecule has 8 nitrogen and oxygen atoms in total. The average molecular weight is 624 g/mol. The van der Waals surface area contributed by atoms with Crippen LogP contribution in [0, 0.1) is 5.82 Å². The standard InChI is InChI=1S/C26H15Cl2F4N5O3S/c27-15-2-1-3-17(20(15)28)40-11-37-9-8-16(36-37)24(39)35-21-19-14(12-4-6-13(29)7-5-12)10-18(26(30,31)32)34-25(19)41-22(21)23(33)38/h1-10H,11H2,(H2,33,38)(H,35,39). The van der Waals surface area contributed by atoms with Crippen molar-refractivity contribution in [1.29, 1.82) is 0 Å². The molecule has 0 bridgehead atoms. The van der Waals surface area contributed by atoms with Crippen molar-refractivity contribution >= 4 is 62.3 Å². The molecule has 0 saturated carbocycles. The smallest absolute Gasteiger partial charge is 0.433 e. The molecule has 3 heterocycles. The molecule has 15 heteroatoms. The second-order valence-electron chi connectivity index (χ2n) is 8.43. The Labute approximate surface area is 242 Å². The summed E-state index contributed by atoms with van der Waals surface area (Å²) in [5.41, 5.74) is 4.16. The van der Waals surface area contributed by atoms with Crippen molar-refractivity contribution in [1.82, 2.24) is 14.8 Å². The lowest BCUT2D eigenvalue weighted by molar-refractivity contribution is -0.140. The van der Waals surface area contributed by atoms with Crippen LogP contribution in [-0.4, -0.2) is 26.6 Å². The predicted octanol–water partition coefficient (Wildman–Crippen LogP) is 7.01. The van der Waals surface area contributed by atoms with Gasteiger partial charge in [-0.15, -0.1) is 11.3 Å². The molecule has 0 aliphatic carbocycles. The third-order valence-corrected chi connectivity index (χ3v) is 7.61. The number of nitrogens with two attached hydrogens (primary N) is 1. The van der Waals surface area contributed by atoms with E-state index in [-0.39, 0.29) is 60.1 Å². The maximum absolute atomic E-state index is 13.7. The Morgan fingerprint density at radius 1 is 1.10 bits per heavy atom. The summed E-state index contributed by atoms with van der Waals surface area (Å²) in [5, 5.41) is 7.17. The maximum atomic E-state index is 13.7. The van der Waals surface area contributed by atoms with Gasteiger partial charge < -0.3 is 15.8 Å². The number of amides is 2. The first-order valence-electron chi connectivity index (χ1n) is 11.4. The lowest BCUT2D eigenvalue weighted by Gasteiger charge is -2.12. The van der Waals surface area contributed by atoms with E-state index in [2.05, 4.69) is 15.4 Å². The quantitative estimate of drug-likeness (QED) is 0.189. The van der Waals surface area contributed by atoms with Gasteiger partial charge in [-0.3, -0.25) is 9.59 Å². The zero-order valence-electron chi connectivity index (χ0n) is 20.3. The Kier molecular flexibility index (Phi) is 7.60. The topological polar surface area (TPSA) is 112 Å². The number of nitrogens with one attached hydrogen (secondary N) is 1. The number of primary amides is 1. The summed E-state index contributed by atoms with van der Waals surface area (Å²) in [6.45, 7) is -0.139. The third-order valence-electron chi connectivity index (χ3n) is 5.71. The highest BCUT2D eigenvalue weighted by molar-refractivity contribution is 7.21. The van der Waals surface area contributed by atoms with Crippen molar-refractivity contribution in [3.8, 4) is 16.9 Å². The van der Waals surface area contributed by atoms with Gasteiger partial charge in [0.05, 0.1) is 10.7 Å². The number of alkyl halides is 3. The van der Waals surface area contributed by atoms with Gasteiger partial charge in [0.25, 0.3) is 11.8 Å². The van der Waals surface area contributed by atoms with Gasteiger partial charge in [-0.05, 0) is 47.5 Å². The lowest BCUT2D eigenvalue weighted by Crippen LogP contribution is -2.18. The van der Waals surface area contributed by atoms with E-state index in [0.29, 0.717) is 11.3 Å². The van der Waals surface area contributed by atoms with Crippen LogP contribution in [0.4, 0.5) is 23.2 Å². The number of anilines is 1. The summed E-state index contributed by atoms with van der Waals surface area (Å²) < 4.78 is 61.5. The number of pyridine rings is 1. The fourth-order valence-corrected chi connectivity index (χ4v) is 5.21. The van der Waals surface area contributed by atoms with Gasteiger partial charge in [0, 0.05) is 11.6 Å². The monoisotopic (exact) mass is 623 g/mol. The summed E-state index contributed by atoms with van der Waals surface area (Å²) in [5.74, 6) is -2.12. The largest absolute Gasteiger partial charge is 0.470 e. The lowest BCUT2D eigenvalue weighted by atomic mass is 10.0. The van der Waals surface area contributed by atoms with Crippen LogP contribution < -0.4 is 15.8 Å². The van der Waals surface area contributed by atoms with Gasteiger partial charge in [0.15, 0.2) is 12.4 Å². The summed E-state index contributed by atoms with van der Waals surface area (Å²) in [7, 11) is 0. The van der Waals surface area contributed by atoms with Gasteiger partial charge in [0.2, 0.25) is 0 Å². The molecule has 210 valence electrons. The molecule has 0 spiro atoms. The van der Waals surface area contributed by atoms with Crippen LogP contribution in [0.2, 0.25) is 10.0 Å². The first kappa shape index (κ1) is 28.3. The highest BCUT2D eigenvalue weighted by Gasteiger charge is 2.35. The van der Waals surface area contributed by atoms with Gasteiger partial charge >= 0.3 is 6.18 Å². The number of rotatable bonds is 7. The minimum absolute atomic E-state index is 0.0233. The maximum Gasteiger partial charge on any atom is 0.433 e. The number of carbonyl (C=O) groups is 2. The molecule has 2 amide bonds. The van der Waals surface area contributed by atoms with Gasteiger partial charge in [-0.1, -0.05) is 41.4 Å². The molecular weight excluding hydrogens is 609 g/mol. The van der Waals surface area contributed by atoms with Crippen molar-refractivity contribution in [3.63, 3.8) is 0 Å². The Balaban J connectivity index is 1.51. The van der Waals surface area contributed by atoms with E-state index in [4.69, 9.17) is 33.7 Å². The number of halogens is 6. The molecule has 0 aliphatic rings. The van der Waals surface area contributed by atoms with Crippen molar-refractivity contribution in [2.24, 2.45) is 5.73 Å². The van der Waals surface area contributed by atoms with Crippen LogP contribution in [0.1, 0.15) is 25.9 Å². The second-order valence-corrected chi connectivity index (χ2v) is 10.2. The normalized spacial score (nSPS) is 11.6. The highest BCUT2D eigenvalue weighted by atomic mass is 35.5. The van der Waals surface area contributed by atoms with Crippen LogP contribution in [0.15, 0.2) is 60.8 Å². The average Bonchev–Trinajstić information content (AvgIpc) is 3.54. The van der Waals surface area contributed by atoms with E-state index < -0.39 is 29.5 Å². The van der Waals surface area contributed by atoms with Gasteiger partial charge in [-0.2, -0.15) is 18.3 Å². The zero-order chi connectivity index (χ0) is 29.5. The number of thiophene rings is 1. The summed E-state index contributed by atoms with van der Waals surface area (Å²) in [6.07, 6.45) is -3.39. The van der Waals surface area contributed by atoms with Crippen molar-refractivity contribution in [3.05, 3.63) is 92.9 Å². The third kappa shape index (κ3) is 5.82. The first-order chi connectivity index (χ1) is 19.4. The Bertz CT molecular complexity index is 1810. The molecule has 0 radical (unpaired) electrons. The van der Waals surface area contributed by atoms with E-state index >= 15 is 0 Å². The molecule has 0 saturated heterocycles. The minimum atomic E-state index is -4.83. The van der Waals surface area contributed by atoms with E-state index in [1.54, 1.807) is 18.2 Å². The number of ether oxygens (including phenoxy) is 1. The molecule has 2 aromatic carbocycles. The van der Waals surface area contributed by atoms with Crippen molar-refractivity contribution in [2.45, 2.75) is 12.9 Å². The number of fused-ring (bicyclic) bond motifs is 1. The molecule has 0 fully saturated rings. The number of aromatic nitrogens is 3. The van der Waals surface area contributed by atoms with Crippen LogP contribution >= 0.6 is 34.5 Å². The fourth-order valence-electron chi connectivity index (χ4n) is 3.86. The van der Waals surface area contributed by atoms with Gasteiger partial charge in [0.1, 0.15) is 32.0 Å². The molecule has 0 atom stereocenters. The first-order valence-corrected chi connectivity index (χ1v) is 13.0. The van der Waals surface area contributed by atoms with E-state index in [0.717, 1.165) is 18.2 Å². The summed E-state index contributed by atoms with van der Waals surface area (Å²) in [4.78, 5) is 28.7. The molecular formula is C26H15Cl2F4N5O3S. The van der Waals surface area contributed by atoms with Crippen LogP contribution in [0.25, 0.3) is 21.3 Å². The van der Waals surface area contributed by atoms with E-state index in [9.17, 15) is 27.2 Å². The summed E-state index contributed by atoms with van der Waals surface area (Å²) in [6, 6.07) is 11.6. The Morgan fingerprint density at radius 3 is 2.51 bits per heavy atom. The van der Waals surface area contributed by atoms with Crippen molar-refractivity contribution in [2.75, 3.05) is 5.32 Å². The van der Waals surface area contributed by atoms with Crippen LogP contribution in [0.5, 0.6) is 5.75 Å². The highest BCUT2D eigenvalue weighted by Crippen LogP contribution is 2.43. The Morgan fingerprint density at radius 2 is 1.83 bits per heavy atom. The molecule has 5 aromatic rings. The van der Waals surface area contributed by atoms with Crippen LogP contribution in [0.3, 0.4) is 0 Å². The number of nitrogens with zero attached hydrogens (tertiary/aromatic N) is 3. The molecule has 0 unspecified atom stereocenters. The zero-order valence-corrected chi connectivity index (χ0v) is 22.6. The molecule has 0 aliphatic heterocycles. The Hall–Kier alpha value is -4.20. The number of benzene rings is 2. The number of hydrogen-bond donors (Lipinski definition) is 2. The SMILES string of the molecule is NC(=O)c1sc2nc(C(F)(F)F)cc(-c3ccc(F)cc3)c2c1NC(=O)c1ccn(COc2cccc(Cl)c2Cl)n1. The molecule has 5 rings (SSSR count). The fraction of sp³-hybridized carbons (Fsp3) is 0.0769. The van der Waals surface area contributed by atoms with Crippen LogP contribution in [-0.2, 0) is 12.9 Å². The second kappa shape index (κ2) is 11.0. The number of hydrogen-bond acceptors (Lipinski definition) is 6.